The standard InChI is InChI=1S/C21H23N3O5S2/c1-27-19-10-11-21(28-2,29-19)15-22-31(25,26)18-14-24(13-16-7-4-3-5-8-16)23-20(18)17-9-6-12-30-17/h3-12,14,19,22H,13,15H2,1-2H3. The molecule has 0 radical (unpaired) electrons. The van der Waals surface area contributed by atoms with Gasteiger partial charge in [0, 0.05) is 20.4 Å². The Labute approximate surface area is 185 Å². The summed E-state index contributed by atoms with van der Waals surface area (Å²) in [5.74, 6) is -1.24. The molecule has 2 atom stereocenters. The summed E-state index contributed by atoms with van der Waals surface area (Å²) >= 11 is 1.43. The number of hydrogen-bond donors (Lipinski definition) is 1. The highest BCUT2D eigenvalue weighted by Crippen LogP contribution is 2.31. The molecule has 1 aliphatic heterocycles. The number of nitrogens with one attached hydrogen (secondary N) is 1. The zero-order valence-corrected chi connectivity index (χ0v) is 18.7. The van der Waals surface area contributed by atoms with Gasteiger partial charge < -0.3 is 14.2 Å². The number of methoxy groups -OCH3 is 2. The van der Waals surface area contributed by atoms with Crippen LogP contribution in [0.3, 0.4) is 0 Å². The van der Waals surface area contributed by atoms with E-state index in [1.54, 1.807) is 23.0 Å². The summed E-state index contributed by atoms with van der Waals surface area (Å²) in [5, 5.41) is 6.45. The number of benzene rings is 1. The molecule has 2 unspecified atom stereocenters. The Hall–Kier alpha value is -2.34. The van der Waals surface area contributed by atoms with Crippen molar-refractivity contribution in [1.82, 2.24) is 14.5 Å². The summed E-state index contributed by atoms with van der Waals surface area (Å²) in [7, 11) is -0.960. The third-order valence-electron chi connectivity index (χ3n) is 4.87. The van der Waals surface area contributed by atoms with Crippen LogP contribution in [0.25, 0.3) is 10.6 Å². The molecule has 8 nitrogen and oxygen atoms in total. The third kappa shape index (κ3) is 4.79. The Bertz CT molecular complexity index is 1140. The first kappa shape index (κ1) is 21.9. The van der Waals surface area contributed by atoms with Crippen LogP contribution >= 0.6 is 11.3 Å². The maximum absolute atomic E-state index is 13.3. The van der Waals surface area contributed by atoms with E-state index in [2.05, 4.69) is 9.82 Å². The zero-order chi connectivity index (χ0) is 21.9. The molecule has 4 rings (SSSR count). The quantitative estimate of drug-likeness (QED) is 0.493. The summed E-state index contributed by atoms with van der Waals surface area (Å²) in [6, 6.07) is 13.5. The zero-order valence-electron chi connectivity index (χ0n) is 17.1. The fourth-order valence-corrected chi connectivity index (χ4v) is 5.22. The van der Waals surface area contributed by atoms with Crippen molar-refractivity contribution in [3.8, 4) is 10.6 Å². The van der Waals surface area contributed by atoms with Crippen LogP contribution in [-0.4, -0.2) is 51.0 Å². The van der Waals surface area contributed by atoms with Gasteiger partial charge in [-0.25, -0.2) is 13.1 Å². The molecule has 3 aromatic rings. The molecule has 0 bridgehead atoms. The van der Waals surface area contributed by atoms with Gasteiger partial charge in [-0.1, -0.05) is 36.4 Å². The van der Waals surface area contributed by atoms with Gasteiger partial charge in [0.1, 0.15) is 10.6 Å². The molecule has 0 saturated carbocycles. The predicted molar refractivity (Wildman–Crippen MR) is 117 cm³/mol. The third-order valence-corrected chi connectivity index (χ3v) is 7.15. The maximum Gasteiger partial charge on any atom is 0.244 e. The van der Waals surface area contributed by atoms with Gasteiger partial charge in [-0.15, -0.1) is 11.3 Å². The van der Waals surface area contributed by atoms with Gasteiger partial charge >= 0.3 is 0 Å². The second-order valence-electron chi connectivity index (χ2n) is 6.92. The molecule has 0 aliphatic carbocycles. The van der Waals surface area contributed by atoms with Gasteiger partial charge in [-0.2, -0.15) is 5.10 Å². The van der Waals surface area contributed by atoms with E-state index in [4.69, 9.17) is 14.2 Å². The van der Waals surface area contributed by atoms with Crippen molar-refractivity contribution in [1.29, 1.82) is 0 Å². The normalized spacial score (nSPS) is 21.0. The van der Waals surface area contributed by atoms with Crippen LogP contribution in [0.1, 0.15) is 5.56 Å². The molecule has 0 amide bonds. The van der Waals surface area contributed by atoms with E-state index in [9.17, 15) is 8.42 Å². The SMILES string of the molecule is COC1C=CC(CNS(=O)(=O)c2cn(Cc3ccccc3)nc2-c2cccs2)(OC)O1. The Morgan fingerprint density at radius 2 is 2.03 bits per heavy atom. The molecule has 1 aromatic carbocycles. The highest BCUT2D eigenvalue weighted by atomic mass is 32.2. The Morgan fingerprint density at radius 3 is 2.68 bits per heavy atom. The average Bonchev–Trinajstić information content (AvgIpc) is 3.53. The number of aromatic nitrogens is 2. The van der Waals surface area contributed by atoms with E-state index >= 15 is 0 Å². The van der Waals surface area contributed by atoms with Gasteiger partial charge in [-0.3, -0.25) is 4.68 Å². The molecule has 1 aliphatic rings. The largest absolute Gasteiger partial charge is 0.352 e. The van der Waals surface area contributed by atoms with Crippen LogP contribution in [-0.2, 0) is 30.8 Å². The number of ether oxygens (including phenoxy) is 3. The summed E-state index contributed by atoms with van der Waals surface area (Å²) in [6.07, 6.45) is 4.27. The predicted octanol–water partition coefficient (Wildman–Crippen LogP) is 2.84. The van der Waals surface area contributed by atoms with Crippen LogP contribution in [0.15, 0.2) is 71.1 Å². The van der Waals surface area contributed by atoms with Gasteiger partial charge in [0.25, 0.3) is 0 Å². The molecular weight excluding hydrogens is 438 g/mol. The van der Waals surface area contributed by atoms with Crippen molar-refractivity contribution in [2.75, 3.05) is 20.8 Å². The van der Waals surface area contributed by atoms with Gasteiger partial charge in [-0.05, 0) is 29.2 Å². The van der Waals surface area contributed by atoms with Crippen LogP contribution < -0.4 is 4.72 Å². The van der Waals surface area contributed by atoms with E-state index in [0.717, 1.165) is 10.4 Å². The lowest BCUT2D eigenvalue weighted by Crippen LogP contribution is -2.44. The molecule has 164 valence electrons. The van der Waals surface area contributed by atoms with E-state index in [1.165, 1.54) is 25.6 Å². The van der Waals surface area contributed by atoms with Crippen molar-refractivity contribution in [2.45, 2.75) is 23.5 Å². The fraction of sp³-hybridized carbons (Fsp3) is 0.286. The fourth-order valence-electron chi connectivity index (χ4n) is 3.22. The van der Waals surface area contributed by atoms with Gasteiger partial charge in [0.15, 0.2) is 6.29 Å². The van der Waals surface area contributed by atoms with E-state index in [1.807, 2.05) is 47.8 Å². The lowest BCUT2D eigenvalue weighted by atomic mass is 10.2. The lowest BCUT2D eigenvalue weighted by Gasteiger charge is -2.27. The first-order chi connectivity index (χ1) is 14.9. The summed E-state index contributed by atoms with van der Waals surface area (Å²) in [5.41, 5.74) is 1.43. The van der Waals surface area contributed by atoms with Gasteiger partial charge in [0.2, 0.25) is 15.8 Å². The van der Waals surface area contributed by atoms with E-state index in [0.29, 0.717) is 12.2 Å². The highest BCUT2D eigenvalue weighted by Gasteiger charge is 2.38. The molecule has 0 saturated heterocycles. The minimum absolute atomic E-state index is 0.0994. The summed E-state index contributed by atoms with van der Waals surface area (Å²) in [4.78, 5) is 0.868. The average molecular weight is 462 g/mol. The molecular formula is C21H23N3O5S2. The lowest BCUT2D eigenvalue weighted by molar-refractivity contribution is -0.237. The Balaban J connectivity index is 1.61. The topological polar surface area (TPSA) is 91.7 Å². The molecule has 0 spiro atoms. The molecule has 0 fully saturated rings. The monoisotopic (exact) mass is 461 g/mol. The van der Waals surface area contributed by atoms with Crippen LogP contribution in [0.4, 0.5) is 0 Å². The molecule has 3 heterocycles. The van der Waals surface area contributed by atoms with Crippen molar-refractivity contribution >= 4 is 21.4 Å². The first-order valence-corrected chi connectivity index (χ1v) is 11.9. The Morgan fingerprint density at radius 1 is 1.23 bits per heavy atom. The summed E-state index contributed by atoms with van der Waals surface area (Å²) < 4.78 is 47.0. The van der Waals surface area contributed by atoms with Crippen molar-refractivity contribution in [3.63, 3.8) is 0 Å². The van der Waals surface area contributed by atoms with E-state index in [-0.39, 0.29) is 11.4 Å². The van der Waals surface area contributed by atoms with Gasteiger partial charge in [0.05, 0.1) is 18.0 Å². The number of nitrogens with zero attached hydrogens (tertiary/aromatic N) is 2. The Kier molecular flexibility index (Phi) is 6.37. The van der Waals surface area contributed by atoms with Crippen LogP contribution in [0, 0.1) is 0 Å². The number of hydrogen-bond acceptors (Lipinski definition) is 7. The second kappa shape index (κ2) is 9.03. The number of rotatable bonds is 9. The molecule has 1 N–H and O–H groups in total. The first-order valence-electron chi connectivity index (χ1n) is 9.55. The van der Waals surface area contributed by atoms with Crippen LogP contribution in [0.5, 0.6) is 0 Å². The summed E-state index contributed by atoms with van der Waals surface area (Å²) in [6.45, 7) is 0.341. The highest BCUT2D eigenvalue weighted by molar-refractivity contribution is 7.89. The number of sulfonamides is 1. The molecule has 31 heavy (non-hydrogen) atoms. The minimum Gasteiger partial charge on any atom is -0.352 e. The van der Waals surface area contributed by atoms with Crippen molar-refractivity contribution < 1.29 is 22.6 Å². The van der Waals surface area contributed by atoms with E-state index < -0.39 is 22.1 Å². The number of thiophene rings is 1. The molecule has 10 heteroatoms. The van der Waals surface area contributed by atoms with Crippen molar-refractivity contribution in [3.05, 3.63) is 71.8 Å². The van der Waals surface area contributed by atoms with Crippen LogP contribution in [0.2, 0.25) is 0 Å². The maximum atomic E-state index is 13.3. The smallest absolute Gasteiger partial charge is 0.244 e. The van der Waals surface area contributed by atoms with Crippen molar-refractivity contribution in [2.24, 2.45) is 0 Å². The minimum atomic E-state index is -3.91. The second-order valence-corrected chi connectivity index (χ2v) is 9.61. The molecule has 2 aromatic heterocycles.